The van der Waals surface area contributed by atoms with Crippen molar-refractivity contribution in [2.45, 2.75) is 32.6 Å². The molecule has 0 aliphatic heterocycles. The number of hydrogen-bond acceptors (Lipinski definition) is 1. The predicted molar refractivity (Wildman–Crippen MR) is 68.3 cm³/mol. The molecule has 2 aromatic rings. The van der Waals surface area contributed by atoms with Gasteiger partial charge in [0.2, 0.25) is 0 Å². The van der Waals surface area contributed by atoms with E-state index in [1.807, 2.05) is 27.0 Å². The molecule has 17 heavy (non-hydrogen) atoms. The topological polar surface area (TPSA) is 53.1 Å². The highest BCUT2D eigenvalue weighted by Crippen LogP contribution is 2.33. The molecule has 2 rings (SSSR count). The summed E-state index contributed by atoms with van der Waals surface area (Å²) in [4.78, 5) is 14.1. The summed E-state index contributed by atoms with van der Waals surface area (Å²) in [6.45, 7) is 5.97. The molecule has 1 aromatic heterocycles. The van der Waals surface area contributed by atoms with Crippen LogP contribution >= 0.6 is 0 Å². The van der Waals surface area contributed by atoms with Gasteiger partial charge in [0.25, 0.3) is 0 Å². The number of aromatic amines is 1. The van der Waals surface area contributed by atoms with Crippen molar-refractivity contribution in [3.8, 4) is 0 Å². The van der Waals surface area contributed by atoms with Crippen molar-refractivity contribution in [1.82, 2.24) is 4.98 Å². The van der Waals surface area contributed by atoms with Gasteiger partial charge in [-0.2, -0.15) is 0 Å². The number of aromatic nitrogens is 1. The van der Waals surface area contributed by atoms with E-state index in [9.17, 15) is 4.79 Å². The van der Waals surface area contributed by atoms with Gasteiger partial charge in [-0.1, -0.05) is 26.0 Å². The van der Waals surface area contributed by atoms with Gasteiger partial charge >= 0.3 is 5.97 Å². The van der Waals surface area contributed by atoms with E-state index < -0.39 is 5.97 Å². The summed E-state index contributed by atoms with van der Waals surface area (Å²) in [6, 6.07) is 6.19. The van der Waals surface area contributed by atoms with Crippen LogP contribution in [0.1, 0.15) is 31.4 Å². The first-order chi connectivity index (χ1) is 7.90. The monoisotopic (exact) mass is 231 g/mol. The number of carboxylic acids is 1. The molecule has 3 heteroatoms. The maximum absolute atomic E-state index is 10.9. The minimum Gasteiger partial charge on any atom is -0.481 e. The summed E-state index contributed by atoms with van der Waals surface area (Å²) in [5.74, 6) is -0.767. The Bertz CT molecular complexity index is 567. The molecule has 0 unspecified atom stereocenters. The van der Waals surface area contributed by atoms with Gasteiger partial charge in [-0.15, -0.1) is 0 Å². The lowest BCUT2D eigenvalue weighted by Gasteiger charge is -2.21. The Morgan fingerprint density at radius 2 is 2.12 bits per heavy atom. The van der Waals surface area contributed by atoms with Crippen LogP contribution < -0.4 is 0 Å². The maximum Gasteiger partial charge on any atom is 0.304 e. The second kappa shape index (κ2) is 3.91. The second-order valence-electron chi connectivity index (χ2n) is 5.21. The van der Waals surface area contributed by atoms with Crippen LogP contribution in [0.5, 0.6) is 0 Å². The Morgan fingerprint density at radius 1 is 1.41 bits per heavy atom. The number of rotatable bonds is 3. The Hall–Kier alpha value is -1.77. The molecule has 0 amide bonds. The quantitative estimate of drug-likeness (QED) is 0.852. The fourth-order valence-electron chi connectivity index (χ4n) is 2.27. The van der Waals surface area contributed by atoms with Gasteiger partial charge in [0.1, 0.15) is 0 Å². The zero-order valence-electron chi connectivity index (χ0n) is 10.4. The van der Waals surface area contributed by atoms with Gasteiger partial charge in [-0.05, 0) is 24.1 Å². The van der Waals surface area contributed by atoms with Gasteiger partial charge in [-0.3, -0.25) is 4.79 Å². The molecule has 0 radical (unpaired) electrons. The third-order valence-corrected chi connectivity index (χ3v) is 3.16. The minimum absolute atomic E-state index is 0.133. The number of H-pyrrole nitrogens is 1. The maximum atomic E-state index is 10.9. The number of fused-ring (bicyclic) bond motifs is 1. The summed E-state index contributed by atoms with van der Waals surface area (Å²) >= 11 is 0. The lowest BCUT2D eigenvalue weighted by molar-refractivity contribution is -0.138. The SMILES string of the molecule is Cc1ccc2c(C(C)(C)CC(=O)O)c[nH]c2c1. The van der Waals surface area contributed by atoms with Crippen LogP contribution in [0.15, 0.2) is 24.4 Å². The molecule has 3 nitrogen and oxygen atoms in total. The highest BCUT2D eigenvalue weighted by molar-refractivity contribution is 5.85. The first-order valence-electron chi connectivity index (χ1n) is 5.70. The zero-order valence-corrected chi connectivity index (χ0v) is 10.4. The first kappa shape index (κ1) is 11.7. The van der Waals surface area contributed by atoms with Crippen molar-refractivity contribution in [2.24, 2.45) is 0 Å². The van der Waals surface area contributed by atoms with Crippen molar-refractivity contribution in [1.29, 1.82) is 0 Å². The molecule has 0 atom stereocenters. The molecule has 0 spiro atoms. The molecular weight excluding hydrogens is 214 g/mol. The second-order valence-corrected chi connectivity index (χ2v) is 5.21. The average Bonchev–Trinajstić information content (AvgIpc) is 2.58. The van der Waals surface area contributed by atoms with E-state index in [1.165, 1.54) is 5.56 Å². The molecule has 0 fully saturated rings. The van der Waals surface area contributed by atoms with Crippen molar-refractivity contribution < 1.29 is 9.90 Å². The summed E-state index contributed by atoms with van der Waals surface area (Å²) in [5.41, 5.74) is 2.97. The Morgan fingerprint density at radius 3 is 2.76 bits per heavy atom. The largest absolute Gasteiger partial charge is 0.481 e. The van der Waals surface area contributed by atoms with Crippen molar-refractivity contribution in [3.05, 3.63) is 35.5 Å². The molecule has 2 N–H and O–H groups in total. The van der Waals surface area contributed by atoms with Gasteiger partial charge < -0.3 is 10.1 Å². The molecule has 1 aromatic carbocycles. The standard InChI is InChI=1S/C14H17NO2/c1-9-4-5-10-11(8-15-12(10)6-9)14(2,3)7-13(16)17/h4-6,8,15H,7H2,1-3H3,(H,16,17). The molecule has 0 aliphatic carbocycles. The van der Waals surface area contributed by atoms with Crippen molar-refractivity contribution >= 4 is 16.9 Å². The first-order valence-corrected chi connectivity index (χ1v) is 5.70. The number of carboxylic acid groups (broad SMARTS) is 1. The van der Waals surface area contributed by atoms with E-state index in [0.29, 0.717) is 0 Å². The predicted octanol–water partition coefficient (Wildman–Crippen LogP) is 3.23. The van der Waals surface area contributed by atoms with Crippen LogP contribution in [0.2, 0.25) is 0 Å². The average molecular weight is 231 g/mol. The van der Waals surface area contributed by atoms with Crippen LogP contribution in [-0.2, 0) is 10.2 Å². The number of hydrogen-bond donors (Lipinski definition) is 2. The van der Waals surface area contributed by atoms with Crippen LogP contribution in [-0.4, -0.2) is 16.1 Å². The minimum atomic E-state index is -0.767. The van der Waals surface area contributed by atoms with Gasteiger partial charge in [0, 0.05) is 22.5 Å². The number of aryl methyl sites for hydroxylation is 1. The van der Waals surface area contributed by atoms with E-state index in [-0.39, 0.29) is 11.8 Å². The fourth-order valence-corrected chi connectivity index (χ4v) is 2.27. The van der Waals surface area contributed by atoms with Crippen molar-refractivity contribution in [3.63, 3.8) is 0 Å². The van der Waals surface area contributed by atoms with Crippen LogP contribution in [0, 0.1) is 6.92 Å². The van der Waals surface area contributed by atoms with E-state index in [4.69, 9.17) is 5.11 Å². The zero-order chi connectivity index (χ0) is 12.6. The van der Waals surface area contributed by atoms with E-state index in [2.05, 4.69) is 23.2 Å². The van der Waals surface area contributed by atoms with Gasteiger partial charge in [0.05, 0.1) is 6.42 Å². The Labute approximate surface area is 100 Å². The highest BCUT2D eigenvalue weighted by atomic mass is 16.4. The number of benzene rings is 1. The molecule has 90 valence electrons. The third kappa shape index (κ3) is 2.18. The van der Waals surface area contributed by atoms with Crippen LogP contribution in [0.25, 0.3) is 10.9 Å². The smallest absolute Gasteiger partial charge is 0.304 e. The lowest BCUT2D eigenvalue weighted by Crippen LogP contribution is -2.21. The molecule has 0 aliphatic rings. The van der Waals surface area contributed by atoms with Crippen molar-refractivity contribution in [2.75, 3.05) is 0 Å². The van der Waals surface area contributed by atoms with Crippen LogP contribution in [0.4, 0.5) is 0 Å². The van der Waals surface area contributed by atoms with Gasteiger partial charge in [-0.25, -0.2) is 0 Å². The van der Waals surface area contributed by atoms with E-state index >= 15 is 0 Å². The highest BCUT2D eigenvalue weighted by Gasteiger charge is 2.26. The summed E-state index contributed by atoms with van der Waals surface area (Å²) < 4.78 is 0. The number of aliphatic carboxylic acids is 1. The summed E-state index contributed by atoms with van der Waals surface area (Å²) in [6.07, 6.45) is 2.06. The molecule has 1 heterocycles. The van der Waals surface area contributed by atoms with Gasteiger partial charge in [0.15, 0.2) is 0 Å². The Balaban J connectivity index is 2.52. The fraction of sp³-hybridized carbons (Fsp3) is 0.357. The number of nitrogens with one attached hydrogen (secondary N) is 1. The lowest BCUT2D eigenvalue weighted by atomic mass is 9.81. The van der Waals surface area contributed by atoms with Crippen LogP contribution in [0.3, 0.4) is 0 Å². The summed E-state index contributed by atoms with van der Waals surface area (Å²) in [7, 11) is 0. The molecule has 0 bridgehead atoms. The van der Waals surface area contributed by atoms with E-state index in [1.54, 1.807) is 0 Å². The van der Waals surface area contributed by atoms with E-state index in [0.717, 1.165) is 16.5 Å². The summed E-state index contributed by atoms with van der Waals surface area (Å²) in [5, 5.41) is 10.1. The molecule has 0 saturated heterocycles. The normalized spacial score (nSPS) is 11.9. The molecular formula is C14H17NO2. The third-order valence-electron chi connectivity index (χ3n) is 3.16. The Kier molecular flexibility index (Phi) is 2.69. The number of carbonyl (C=O) groups is 1. The molecule has 0 saturated carbocycles.